The van der Waals surface area contributed by atoms with Gasteiger partial charge in [-0.3, -0.25) is 19.6 Å². The number of aryl methyl sites for hydroxylation is 1. The zero-order valence-corrected chi connectivity index (χ0v) is 15.0. The molecule has 0 aliphatic carbocycles. The first kappa shape index (κ1) is 19.1. The number of aromatic nitrogens is 3. The lowest BCUT2D eigenvalue weighted by molar-refractivity contribution is -0.122. The van der Waals surface area contributed by atoms with E-state index in [9.17, 15) is 4.79 Å². The van der Waals surface area contributed by atoms with Crippen molar-refractivity contribution in [1.82, 2.24) is 25.0 Å². The summed E-state index contributed by atoms with van der Waals surface area (Å²) < 4.78 is 0. The first-order chi connectivity index (χ1) is 12.2. The van der Waals surface area contributed by atoms with Crippen molar-refractivity contribution in [3.05, 3.63) is 34.0 Å². The highest BCUT2D eigenvalue weighted by molar-refractivity contribution is 7.08. The van der Waals surface area contributed by atoms with Gasteiger partial charge in [0.15, 0.2) is 0 Å². The van der Waals surface area contributed by atoms with Gasteiger partial charge < -0.3 is 10.0 Å². The largest absolute Gasteiger partial charge is 0.483 e. The summed E-state index contributed by atoms with van der Waals surface area (Å²) in [5.74, 6) is 1.92. The third kappa shape index (κ3) is 5.64. The molecule has 2 N–H and O–H groups in total. The lowest BCUT2D eigenvalue weighted by Crippen LogP contribution is -2.35. The molecule has 8 nitrogen and oxygen atoms in total. The van der Waals surface area contributed by atoms with E-state index in [1.165, 1.54) is 0 Å². The average Bonchev–Trinajstić information content (AvgIpc) is 3.24. The van der Waals surface area contributed by atoms with Gasteiger partial charge in [0, 0.05) is 38.0 Å². The second-order valence-electron chi connectivity index (χ2n) is 5.59. The molecule has 2 aromatic rings. The van der Waals surface area contributed by atoms with E-state index in [0.29, 0.717) is 0 Å². The molecule has 0 atom stereocenters. The Kier molecular flexibility index (Phi) is 7.55. The number of carbonyl (C=O) groups is 2. The van der Waals surface area contributed by atoms with Crippen LogP contribution in [0.5, 0.6) is 0 Å². The quantitative estimate of drug-likeness (QED) is 0.796. The maximum absolute atomic E-state index is 12.4. The van der Waals surface area contributed by atoms with Crippen LogP contribution < -0.4 is 0 Å². The van der Waals surface area contributed by atoms with Crippen LogP contribution in [0.3, 0.4) is 0 Å². The van der Waals surface area contributed by atoms with Crippen LogP contribution in [0.2, 0.25) is 0 Å². The van der Waals surface area contributed by atoms with Crippen LogP contribution in [0.25, 0.3) is 0 Å². The number of carbonyl (C=O) groups excluding carboxylic acids is 1. The molecule has 0 saturated carbocycles. The minimum absolute atomic E-state index is 0.149. The van der Waals surface area contributed by atoms with Gasteiger partial charge in [-0.05, 0) is 17.9 Å². The lowest BCUT2D eigenvalue weighted by atomic mass is 10.3. The Labute approximate surface area is 150 Å². The summed E-state index contributed by atoms with van der Waals surface area (Å²) >= 11 is 1.57. The molecule has 0 aromatic carbocycles. The lowest BCUT2D eigenvalue weighted by Gasteiger charge is -2.21. The normalized spacial score (nSPS) is 15.2. The summed E-state index contributed by atoms with van der Waals surface area (Å²) in [6.07, 6.45) is 1.84. The maximum Gasteiger partial charge on any atom is 0.290 e. The Hall–Kier alpha value is -2.26. The van der Waals surface area contributed by atoms with Crippen molar-refractivity contribution in [2.45, 2.75) is 26.3 Å². The van der Waals surface area contributed by atoms with Crippen LogP contribution in [0.1, 0.15) is 35.4 Å². The Balaban J connectivity index is 0.000000701. The van der Waals surface area contributed by atoms with Crippen LogP contribution in [0.4, 0.5) is 0 Å². The van der Waals surface area contributed by atoms with E-state index in [4.69, 9.17) is 9.90 Å². The van der Waals surface area contributed by atoms with Crippen molar-refractivity contribution in [3.63, 3.8) is 0 Å². The minimum Gasteiger partial charge on any atom is -0.483 e. The van der Waals surface area contributed by atoms with Gasteiger partial charge >= 0.3 is 0 Å². The fourth-order valence-corrected chi connectivity index (χ4v) is 3.31. The molecule has 0 spiro atoms. The summed E-state index contributed by atoms with van der Waals surface area (Å²) in [5, 5.41) is 17.9. The molecule has 3 heterocycles. The van der Waals surface area contributed by atoms with Gasteiger partial charge in [-0.25, -0.2) is 4.98 Å². The Morgan fingerprint density at radius 3 is 2.84 bits per heavy atom. The van der Waals surface area contributed by atoms with Crippen molar-refractivity contribution in [2.75, 3.05) is 26.2 Å². The van der Waals surface area contributed by atoms with E-state index in [-0.39, 0.29) is 12.4 Å². The minimum atomic E-state index is -0.250. The predicted octanol–water partition coefficient (Wildman–Crippen LogP) is 1.48. The standard InChI is InChI=1S/C15H21N5OS.CH2O2/c1-2-13-16-14(18-17-13)10-19-5-3-6-20(8-7-19)15(21)12-4-9-22-11-12;2-1-3/h4,9,11H,2-3,5-8,10H2,1H3,(H,16,17,18);1H,(H,2,3). The monoisotopic (exact) mass is 365 g/mol. The molecule has 1 amide bonds. The molecule has 136 valence electrons. The van der Waals surface area contributed by atoms with Crippen molar-refractivity contribution in [2.24, 2.45) is 0 Å². The van der Waals surface area contributed by atoms with Crippen LogP contribution >= 0.6 is 11.3 Å². The average molecular weight is 365 g/mol. The SMILES string of the molecule is CCc1n[nH]c(CN2CCCN(C(=O)c3ccsc3)CC2)n1.O=CO. The summed E-state index contributed by atoms with van der Waals surface area (Å²) in [6, 6.07) is 1.90. The van der Waals surface area contributed by atoms with E-state index in [1.54, 1.807) is 11.3 Å². The number of hydrogen-bond acceptors (Lipinski definition) is 6. The highest BCUT2D eigenvalue weighted by Crippen LogP contribution is 2.13. The molecule has 0 unspecified atom stereocenters. The fraction of sp³-hybridized carbons (Fsp3) is 0.500. The van der Waals surface area contributed by atoms with E-state index in [1.807, 2.05) is 28.7 Å². The van der Waals surface area contributed by atoms with Gasteiger partial charge in [0.05, 0.1) is 12.1 Å². The topological polar surface area (TPSA) is 102 Å². The Morgan fingerprint density at radius 2 is 2.20 bits per heavy atom. The molecule has 3 rings (SSSR count). The number of nitrogens with one attached hydrogen (secondary N) is 1. The molecule has 2 aromatic heterocycles. The van der Waals surface area contributed by atoms with Gasteiger partial charge in [-0.1, -0.05) is 6.92 Å². The predicted molar refractivity (Wildman–Crippen MR) is 94.6 cm³/mol. The summed E-state index contributed by atoms with van der Waals surface area (Å²) in [6.45, 7) is 6.01. The molecule has 1 fully saturated rings. The third-order valence-corrected chi connectivity index (χ3v) is 4.59. The van der Waals surface area contributed by atoms with Crippen LogP contribution in [-0.2, 0) is 17.8 Å². The molecule has 9 heteroatoms. The van der Waals surface area contributed by atoms with Crippen molar-refractivity contribution in [3.8, 4) is 0 Å². The highest BCUT2D eigenvalue weighted by Gasteiger charge is 2.21. The smallest absolute Gasteiger partial charge is 0.290 e. The number of aromatic amines is 1. The molecular weight excluding hydrogens is 342 g/mol. The zero-order valence-electron chi connectivity index (χ0n) is 14.2. The van der Waals surface area contributed by atoms with Crippen LogP contribution in [0, 0.1) is 0 Å². The summed E-state index contributed by atoms with van der Waals surface area (Å²) in [5.41, 5.74) is 0.807. The van der Waals surface area contributed by atoms with Crippen molar-refractivity contribution in [1.29, 1.82) is 0 Å². The Bertz CT molecular complexity index is 659. The fourth-order valence-electron chi connectivity index (χ4n) is 2.68. The molecule has 25 heavy (non-hydrogen) atoms. The van der Waals surface area contributed by atoms with E-state index in [2.05, 4.69) is 20.1 Å². The van der Waals surface area contributed by atoms with Crippen molar-refractivity contribution >= 4 is 23.7 Å². The van der Waals surface area contributed by atoms with Crippen LogP contribution in [0.15, 0.2) is 16.8 Å². The number of rotatable bonds is 4. The number of thiophene rings is 1. The number of carboxylic acid groups (broad SMARTS) is 1. The van der Waals surface area contributed by atoms with E-state index < -0.39 is 0 Å². The second-order valence-corrected chi connectivity index (χ2v) is 6.37. The number of nitrogens with zero attached hydrogens (tertiary/aromatic N) is 4. The van der Waals surface area contributed by atoms with Gasteiger partial charge in [0.1, 0.15) is 11.6 Å². The van der Waals surface area contributed by atoms with E-state index >= 15 is 0 Å². The summed E-state index contributed by atoms with van der Waals surface area (Å²) in [4.78, 5) is 29.5. The second kappa shape index (κ2) is 9.90. The number of amides is 1. The Morgan fingerprint density at radius 1 is 1.40 bits per heavy atom. The van der Waals surface area contributed by atoms with Crippen LogP contribution in [-0.4, -0.2) is 68.6 Å². The molecule has 0 bridgehead atoms. The van der Waals surface area contributed by atoms with Gasteiger partial charge in [-0.15, -0.1) is 0 Å². The van der Waals surface area contributed by atoms with Gasteiger partial charge in [0.25, 0.3) is 12.4 Å². The molecule has 0 radical (unpaired) electrons. The zero-order chi connectivity index (χ0) is 18.1. The molecule has 1 aliphatic rings. The van der Waals surface area contributed by atoms with Crippen molar-refractivity contribution < 1.29 is 14.7 Å². The maximum atomic E-state index is 12.4. The molecular formula is C16H23N5O3S. The number of H-pyrrole nitrogens is 1. The van der Waals surface area contributed by atoms with Gasteiger partial charge in [0.2, 0.25) is 0 Å². The molecule has 1 saturated heterocycles. The summed E-state index contributed by atoms with van der Waals surface area (Å²) in [7, 11) is 0. The third-order valence-electron chi connectivity index (χ3n) is 3.91. The molecule has 1 aliphatic heterocycles. The number of hydrogen-bond donors (Lipinski definition) is 2. The van der Waals surface area contributed by atoms with Gasteiger partial charge in [-0.2, -0.15) is 16.4 Å². The highest BCUT2D eigenvalue weighted by atomic mass is 32.1. The first-order valence-electron chi connectivity index (χ1n) is 8.19. The van der Waals surface area contributed by atoms with E-state index in [0.717, 1.165) is 62.8 Å². The first-order valence-corrected chi connectivity index (χ1v) is 9.14.